The molecule has 0 saturated carbocycles. The molecule has 1 aliphatic rings. The molecule has 0 aromatic heterocycles. The Kier molecular flexibility index (Phi) is 7.81. The number of hydrogen-bond acceptors (Lipinski definition) is 5. The average molecular weight is 370 g/mol. The first kappa shape index (κ1) is 19.8. The summed E-state index contributed by atoms with van der Waals surface area (Å²) in [6.07, 6.45) is 2.58. The highest BCUT2D eigenvalue weighted by Gasteiger charge is 2.15. The van der Waals surface area contributed by atoms with Crippen LogP contribution in [0.4, 0.5) is 0 Å². The second-order valence-electron chi connectivity index (χ2n) is 6.56. The predicted octanol–water partition coefficient (Wildman–Crippen LogP) is 2.03. The molecule has 0 radical (unpaired) electrons. The number of carbonyl (C=O) groups excluding carboxylic acids is 1. The van der Waals surface area contributed by atoms with E-state index in [0.29, 0.717) is 23.1 Å². The van der Waals surface area contributed by atoms with E-state index < -0.39 is 5.91 Å². The number of likely N-dealkylation sites (tertiary alicyclic amines) is 1. The molecule has 25 heavy (non-hydrogen) atoms. The van der Waals surface area contributed by atoms with Crippen LogP contribution in [0.25, 0.3) is 0 Å². The van der Waals surface area contributed by atoms with Crippen LogP contribution in [0, 0.1) is 5.92 Å². The van der Waals surface area contributed by atoms with Crippen LogP contribution in [0.2, 0.25) is 5.02 Å². The minimum absolute atomic E-state index is 0.234. The molecular weight excluding hydrogens is 342 g/mol. The first-order chi connectivity index (χ1) is 12.0. The third-order valence-electron chi connectivity index (χ3n) is 4.46. The number of benzene rings is 1. The molecule has 1 aromatic rings. The van der Waals surface area contributed by atoms with Crippen LogP contribution < -0.4 is 20.5 Å². The topological polar surface area (TPSA) is 76.8 Å². The van der Waals surface area contributed by atoms with Gasteiger partial charge in [0.05, 0.1) is 12.1 Å². The maximum atomic E-state index is 10.9. The maximum Gasteiger partial charge on any atom is 0.255 e. The van der Waals surface area contributed by atoms with Gasteiger partial charge in [0.1, 0.15) is 0 Å². The summed E-state index contributed by atoms with van der Waals surface area (Å²) in [6, 6.07) is 3.67. The molecule has 0 aliphatic carbocycles. The van der Waals surface area contributed by atoms with Crippen LogP contribution in [0.3, 0.4) is 0 Å². The number of methoxy groups -OCH3 is 1. The molecule has 1 amide bonds. The van der Waals surface area contributed by atoms with Crippen molar-refractivity contribution in [1.82, 2.24) is 10.2 Å². The Morgan fingerprint density at radius 2 is 2.12 bits per heavy atom. The van der Waals surface area contributed by atoms with Crippen molar-refractivity contribution in [2.75, 3.05) is 39.9 Å². The van der Waals surface area contributed by atoms with E-state index >= 15 is 0 Å². The third kappa shape index (κ3) is 6.38. The molecule has 7 heteroatoms. The van der Waals surface area contributed by atoms with E-state index in [0.717, 1.165) is 24.6 Å². The normalized spacial score (nSPS) is 16.0. The Balaban J connectivity index is 1.83. The lowest BCUT2D eigenvalue weighted by Gasteiger charge is -2.30. The number of rotatable bonds is 9. The van der Waals surface area contributed by atoms with Gasteiger partial charge in [-0.05, 0) is 49.5 Å². The number of amides is 1. The van der Waals surface area contributed by atoms with Crippen molar-refractivity contribution in [3.05, 3.63) is 22.7 Å². The van der Waals surface area contributed by atoms with E-state index in [4.69, 9.17) is 26.8 Å². The summed E-state index contributed by atoms with van der Waals surface area (Å²) in [7, 11) is 1.54. The van der Waals surface area contributed by atoms with Gasteiger partial charge in [-0.15, -0.1) is 0 Å². The number of halogens is 1. The van der Waals surface area contributed by atoms with Gasteiger partial charge in [-0.25, -0.2) is 0 Å². The van der Waals surface area contributed by atoms with E-state index in [2.05, 4.69) is 17.1 Å². The van der Waals surface area contributed by atoms with Gasteiger partial charge in [-0.1, -0.05) is 18.5 Å². The zero-order valence-corrected chi connectivity index (χ0v) is 15.8. The Morgan fingerprint density at radius 3 is 2.76 bits per heavy atom. The predicted molar refractivity (Wildman–Crippen MR) is 99.2 cm³/mol. The lowest BCUT2D eigenvalue weighted by atomic mass is 9.99. The third-order valence-corrected chi connectivity index (χ3v) is 4.74. The number of nitrogens with zero attached hydrogens (tertiary/aromatic N) is 1. The van der Waals surface area contributed by atoms with Crippen molar-refractivity contribution in [2.24, 2.45) is 11.7 Å². The van der Waals surface area contributed by atoms with Gasteiger partial charge in [-0.3, -0.25) is 4.79 Å². The molecular formula is C18H28ClN3O3. The highest BCUT2D eigenvalue weighted by molar-refractivity contribution is 6.32. The van der Waals surface area contributed by atoms with Crippen LogP contribution in [0.5, 0.6) is 11.5 Å². The van der Waals surface area contributed by atoms with Crippen LogP contribution >= 0.6 is 11.6 Å². The summed E-state index contributed by atoms with van der Waals surface area (Å²) < 4.78 is 10.6. The average Bonchev–Trinajstić information content (AvgIpc) is 2.58. The van der Waals surface area contributed by atoms with E-state index in [-0.39, 0.29) is 6.61 Å². The van der Waals surface area contributed by atoms with Crippen molar-refractivity contribution in [3.63, 3.8) is 0 Å². The quantitative estimate of drug-likeness (QED) is 0.651. The molecule has 2 rings (SSSR count). The van der Waals surface area contributed by atoms with Gasteiger partial charge in [0, 0.05) is 19.6 Å². The molecule has 0 bridgehead atoms. The van der Waals surface area contributed by atoms with Gasteiger partial charge in [0.25, 0.3) is 5.91 Å². The fourth-order valence-electron chi connectivity index (χ4n) is 2.91. The second kappa shape index (κ2) is 9.85. The van der Waals surface area contributed by atoms with Crippen molar-refractivity contribution in [1.29, 1.82) is 0 Å². The van der Waals surface area contributed by atoms with Crippen LogP contribution in [0.1, 0.15) is 25.3 Å². The zero-order valence-electron chi connectivity index (χ0n) is 15.0. The number of carbonyl (C=O) groups is 1. The highest BCUT2D eigenvalue weighted by Crippen LogP contribution is 2.36. The molecule has 1 heterocycles. The van der Waals surface area contributed by atoms with Gasteiger partial charge >= 0.3 is 0 Å². The second-order valence-corrected chi connectivity index (χ2v) is 6.97. The fraction of sp³-hybridized carbons (Fsp3) is 0.611. The Hall–Kier alpha value is -1.50. The lowest BCUT2D eigenvalue weighted by molar-refractivity contribution is -0.119. The SMILES string of the molecule is COc1cc(CNCCN2CCC(C)CC2)cc(Cl)c1OCC(N)=O. The van der Waals surface area contributed by atoms with Crippen LogP contribution in [-0.4, -0.2) is 50.7 Å². The molecule has 0 atom stereocenters. The minimum atomic E-state index is -0.559. The molecule has 1 aliphatic heterocycles. The molecule has 0 unspecified atom stereocenters. The minimum Gasteiger partial charge on any atom is -0.493 e. The van der Waals surface area contributed by atoms with E-state index in [1.54, 1.807) is 0 Å². The Morgan fingerprint density at radius 1 is 1.40 bits per heavy atom. The Labute approximate surface area is 154 Å². The van der Waals surface area contributed by atoms with E-state index in [9.17, 15) is 4.79 Å². The molecule has 6 nitrogen and oxygen atoms in total. The summed E-state index contributed by atoms with van der Waals surface area (Å²) in [5.74, 6) is 1.13. The summed E-state index contributed by atoms with van der Waals surface area (Å²) in [6.45, 7) is 7.14. The summed E-state index contributed by atoms with van der Waals surface area (Å²) in [5.41, 5.74) is 6.10. The van der Waals surface area contributed by atoms with Gasteiger partial charge in [0.15, 0.2) is 18.1 Å². The van der Waals surface area contributed by atoms with Crippen molar-refractivity contribution in [3.8, 4) is 11.5 Å². The van der Waals surface area contributed by atoms with Crippen LogP contribution in [0.15, 0.2) is 12.1 Å². The number of hydrogen-bond donors (Lipinski definition) is 2. The fourth-order valence-corrected chi connectivity index (χ4v) is 3.20. The molecule has 0 spiro atoms. The largest absolute Gasteiger partial charge is 0.493 e. The monoisotopic (exact) mass is 369 g/mol. The first-order valence-electron chi connectivity index (χ1n) is 8.70. The molecule has 1 saturated heterocycles. The molecule has 3 N–H and O–H groups in total. The van der Waals surface area contributed by atoms with Crippen molar-refractivity contribution in [2.45, 2.75) is 26.3 Å². The number of primary amides is 1. The maximum absolute atomic E-state index is 10.9. The molecule has 1 fully saturated rings. The molecule has 1 aromatic carbocycles. The number of ether oxygens (including phenoxy) is 2. The van der Waals surface area contributed by atoms with Gasteiger partial charge in [-0.2, -0.15) is 0 Å². The smallest absolute Gasteiger partial charge is 0.255 e. The molecule has 140 valence electrons. The van der Waals surface area contributed by atoms with Gasteiger partial charge < -0.3 is 25.4 Å². The Bertz CT molecular complexity index is 575. The number of nitrogens with two attached hydrogens (primary N) is 1. The summed E-state index contributed by atoms with van der Waals surface area (Å²) >= 11 is 6.25. The standard InChI is InChI=1S/C18H28ClN3O3/c1-13-3-6-22(7-4-13)8-5-21-11-14-9-15(19)18(16(10-14)24-2)25-12-17(20)23/h9-10,13,21H,3-8,11-12H2,1-2H3,(H2,20,23). The van der Waals surface area contributed by atoms with Crippen molar-refractivity contribution >= 4 is 17.5 Å². The van der Waals surface area contributed by atoms with Crippen LogP contribution in [-0.2, 0) is 11.3 Å². The number of piperidine rings is 1. The first-order valence-corrected chi connectivity index (χ1v) is 9.08. The summed E-state index contributed by atoms with van der Waals surface area (Å²) in [5, 5.41) is 3.84. The van der Waals surface area contributed by atoms with Gasteiger partial charge in [0.2, 0.25) is 0 Å². The van der Waals surface area contributed by atoms with Crippen molar-refractivity contribution < 1.29 is 14.3 Å². The lowest BCUT2D eigenvalue weighted by Crippen LogP contribution is -2.37. The highest BCUT2D eigenvalue weighted by atomic mass is 35.5. The van der Waals surface area contributed by atoms with E-state index in [1.807, 2.05) is 12.1 Å². The zero-order chi connectivity index (χ0) is 18.2. The summed E-state index contributed by atoms with van der Waals surface area (Å²) in [4.78, 5) is 13.4. The number of nitrogens with one attached hydrogen (secondary N) is 1. The van der Waals surface area contributed by atoms with E-state index in [1.165, 1.54) is 33.0 Å².